The standard InChI is InChI=1S/3C43H26O3/c44-43-38-26-29(33-16-10-20-40-41(33)37-15-7-8-19-39(37)45-40)21-22-35(38)36-18-9-17-34(42(36)46-43)32-24-30(27-11-3-1-4-12-27)23-31(25-32)28-13-5-2-6-14-28;44-43-38-25-30(34-15-9-17-40-42(34)37-14-7-8-16-39(37)45-40)19-20-35(38)36-21-18-29(26-41(36)46-43)33-23-31(27-10-3-1-4-11-27)22-32(24-33)28-12-5-2-6-13-28;44-43-36-21-19-30(34-15-9-17-40-42(34)37-14-7-8-16-39(37)45-40)25-38(36)35-20-18-29(26-41(35)46-43)33-23-31(27-10-3-1-4-11-27)22-32(24-33)28-12-5-2-6-13-28/h3*1-26H. The molecule has 0 spiro atoms. The van der Waals surface area contributed by atoms with E-state index in [1.807, 2.05) is 194 Å². The minimum Gasteiger partial charge on any atom is -0.456 e. The zero-order valence-corrected chi connectivity index (χ0v) is 74.2. The monoisotopic (exact) mass is 1770 g/mol. The Morgan fingerprint density at radius 2 is 0.370 bits per heavy atom. The van der Waals surface area contributed by atoms with Gasteiger partial charge in [0.05, 0.1) is 16.2 Å². The van der Waals surface area contributed by atoms with Crippen LogP contribution in [0.3, 0.4) is 0 Å². The van der Waals surface area contributed by atoms with Gasteiger partial charge < -0.3 is 26.5 Å². The third-order valence-corrected chi connectivity index (χ3v) is 26.7. The SMILES string of the molecule is O=c1oc2c(-c3cc(-c4ccccc4)cc(-c4ccccc4)c3)cccc2c2ccc(-c3cccc4oc5ccccc5c34)cc12.O=c1oc2cc(-c3cc(-c4ccccc4)cc(-c4ccccc4)c3)ccc2c2cc(-c3cccc4oc5ccccc5c34)ccc12.O=c1oc2cc(-c3cc(-c4ccccc4)cc(-c4ccccc4)c3)ccc2c2ccc(-c3cccc4oc5ccccc5c34)cc12. The highest BCUT2D eigenvalue weighted by Gasteiger charge is 2.23. The minimum atomic E-state index is -0.358. The van der Waals surface area contributed by atoms with Crippen LogP contribution in [0.2, 0.25) is 0 Å². The molecule has 138 heavy (non-hydrogen) atoms. The van der Waals surface area contributed by atoms with Crippen molar-refractivity contribution in [3.63, 3.8) is 0 Å². The topological polar surface area (TPSA) is 130 Å². The second kappa shape index (κ2) is 34.2. The van der Waals surface area contributed by atoms with Crippen molar-refractivity contribution in [1.82, 2.24) is 0 Å². The zero-order chi connectivity index (χ0) is 91.8. The second-order valence-electron chi connectivity index (χ2n) is 35.0. The lowest BCUT2D eigenvalue weighted by Gasteiger charge is -2.13. The van der Waals surface area contributed by atoms with E-state index in [4.69, 9.17) is 26.5 Å². The smallest absolute Gasteiger partial charge is 0.344 e. The van der Waals surface area contributed by atoms with Gasteiger partial charge in [-0.05, 0) is 278 Å². The van der Waals surface area contributed by atoms with Crippen LogP contribution in [0.25, 0.3) is 265 Å². The molecule has 0 saturated heterocycles. The van der Waals surface area contributed by atoms with Gasteiger partial charge in [-0.3, -0.25) is 0 Å². The predicted molar refractivity (Wildman–Crippen MR) is 567 cm³/mol. The average Bonchev–Trinajstić information content (AvgIpc) is 1.12. The molecule has 21 aromatic carbocycles. The first-order valence-corrected chi connectivity index (χ1v) is 46.1. The van der Waals surface area contributed by atoms with Crippen LogP contribution in [0.15, 0.2) is 514 Å². The first kappa shape index (κ1) is 81.4. The maximum atomic E-state index is 13.8. The summed E-state index contributed by atoms with van der Waals surface area (Å²) in [5, 5.41) is 13.3. The quantitative estimate of drug-likeness (QED) is 0.0867. The first-order chi connectivity index (χ1) is 68.1. The third-order valence-electron chi connectivity index (χ3n) is 26.7. The van der Waals surface area contributed by atoms with Gasteiger partial charge in [0.2, 0.25) is 0 Å². The molecule has 27 aromatic rings. The Labute approximate surface area is 790 Å². The summed E-state index contributed by atoms with van der Waals surface area (Å²) in [6.45, 7) is 0. The molecule has 648 valence electrons. The van der Waals surface area contributed by atoms with E-state index in [9.17, 15) is 14.4 Å². The Morgan fingerprint density at radius 3 is 0.739 bits per heavy atom. The van der Waals surface area contributed by atoms with Gasteiger partial charge >= 0.3 is 16.9 Å². The van der Waals surface area contributed by atoms with Crippen LogP contribution < -0.4 is 16.9 Å². The number of furan rings is 3. The van der Waals surface area contributed by atoms with Crippen molar-refractivity contribution < 1.29 is 26.5 Å². The predicted octanol–water partition coefficient (Wildman–Crippen LogP) is 34.5. The van der Waals surface area contributed by atoms with Crippen LogP contribution in [-0.4, -0.2) is 0 Å². The molecule has 0 unspecified atom stereocenters. The Kier molecular flexibility index (Phi) is 20.2. The average molecular weight is 1770 g/mol. The summed E-state index contributed by atoms with van der Waals surface area (Å²) in [6, 6.07) is 161. The van der Waals surface area contributed by atoms with E-state index in [2.05, 4.69) is 279 Å². The van der Waals surface area contributed by atoms with Gasteiger partial charge in [0.25, 0.3) is 0 Å². The Balaban J connectivity index is 0.000000110. The van der Waals surface area contributed by atoms with Gasteiger partial charge in [-0.25, -0.2) is 14.4 Å². The summed E-state index contributed by atoms with van der Waals surface area (Å²) in [7, 11) is 0. The molecule has 6 heterocycles. The van der Waals surface area contributed by atoms with Crippen molar-refractivity contribution in [3.05, 3.63) is 504 Å². The Bertz CT molecular complexity index is 9540. The lowest BCUT2D eigenvalue weighted by molar-refractivity contribution is 0.569. The minimum absolute atomic E-state index is 0.346. The summed E-state index contributed by atoms with van der Waals surface area (Å²) < 4.78 is 36.6. The van der Waals surface area contributed by atoms with Crippen molar-refractivity contribution in [3.8, 4) is 134 Å². The van der Waals surface area contributed by atoms with Crippen molar-refractivity contribution in [1.29, 1.82) is 0 Å². The summed E-state index contributed by atoms with van der Waals surface area (Å²) in [5.74, 6) is 0. The summed E-state index contributed by atoms with van der Waals surface area (Å²) >= 11 is 0. The number of para-hydroxylation sites is 4. The molecule has 0 aliphatic carbocycles. The van der Waals surface area contributed by atoms with E-state index in [1.54, 1.807) is 0 Å². The van der Waals surface area contributed by atoms with Crippen LogP contribution in [0.4, 0.5) is 0 Å². The molecule has 9 heteroatoms. The van der Waals surface area contributed by atoms with Crippen LogP contribution in [0, 0.1) is 0 Å². The zero-order valence-electron chi connectivity index (χ0n) is 74.2. The van der Waals surface area contributed by atoms with Crippen molar-refractivity contribution in [2.24, 2.45) is 0 Å². The van der Waals surface area contributed by atoms with Crippen LogP contribution >= 0.6 is 0 Å². The van der Waals surface area contributed by atoms with Crippen LogP contribution in [0.5, 0.6) is 0 Å². The summed E-state index contributed by atoms with van der Waals surface area (Å²) in [6.07, 6.45) is 0. The molecule has 0 N–H and O–H groups in total. The van der Waals surface area contributed by atoms with Gasteiger partial charge in [0.15, 0.2) is 0 Å². The molecule has 0 amide bonds. The highest BCUT2D eigenvalue weighted by molar-refractivity contribution is 6.18. The van der Waals surface area contributed by atoms with Crippen molar-refractivity contribution in [2.45, 2.75) is 0 Å². The van der Waals surface area contributed by atoms with E-state index in [0.717, 1.165) is 232 Å². The molecule has 9 nitrogen and oxygen atoms in total. The Hall–Kier alpha value is -18.6. The number of benzene rings is 21. The number of hydrogen-bond acceptors (Lipinski definition) is 9. The third kappa shape index (κ3) is 14.8. The first-order valence-electron chi connectivity index (χ1n) is 46.1. The molecule has 0 atom stereocenters. The van der Waals surface area contributed by atoms with E-state index >= 15 is 0 Å². The highest BCUT2D eigenvalue weighted by atomic mass is 16.4. The molecule has 6 aromatic heterocycles. The fourth-order valence-corrected chi connectivity index (χ4v) is 20.1. The molecule has 0 bridgehead atoms. The molecular formula is C129H78O9. The highest BCUT2D eigenvalue weighted by Crippen LogP contribution is 2.46. The van der Waals surface area contributed by atoms with E-state index in [0.29, 0.717) is 32.9 Å². The summed E-state index contributed by atoms with van der Waals surface area (Å²) in [4.78, 5) is 40.7. The molecular weight excluding hydrogens is 1690 g/mol. The Morgan fingerprint density at radius 1 is 0.116 bits per heavy atom. The van der Waals surface area contributed by atoms with Crippen LogP contribution in [-0.2, 0) is 0 Å². The van der Waals surface area contributed by atoms with Gasteiger partial charge in [0.1, 0.15) is 50.2 Å². The fraction of sp³-hybridized carbons (Fsp3) is 0. The molecule has 27 rings (SSSR count). The van der Waals surface area contributed by atoms with E-state index in [1.165, 1.54) is 0 Å². The van der Waals surface area contributed by atoms with E-state index < -0.39 is 0 Å². The summed E-state index contributed by atoms with van der Waals surface area (Å²) in [5.41, 5.74) is 31.2. The van der Waals surface area contributed by atoms with Gasteiger partial charge in [0, 0.05) is 59.4 Å². The molecule has 0 radical (unpaired) electrons. The van der Waals surface area contributed by atoms with Crippen molar-refractivity contribution >= 4 is 131 Å². The molecule has 0 saturated carbocycles. The van der Waals surface area contributed by atoms with E-state index in [-0.39, 0.29) is 16.9 Å². The largest absolute Gasteiger partial charge is 0.456 e. The maximum absolute atomic E-state index is 13.8. The normalized spacial score (nSPS) is 11.6. The molecule has 0 aliphatic rings. The van der Waals surface area contributed by atoms with Crippen molar-refractivity contribution in [2.75, 3.05) is 0 Å². The fourth-order valence-electron chi connectivity index (χ4n) is 20.1. The van der Waals surface area contributed by atoms with Gasteiger partial charge in [-0.1, -0.05) is 334 Å². The number of rotatable bonds is 12. The van der Waals surface area contributed by atoms with Gasteiger partial charge in [-0.2, -0.15) is 0 Å². The molecule has 0 aliphatic heterocycles. The second-order valence-corrected chi connectivity index (χ2v) is 35.0. The maximum Gasteiger partial charge on any atom is 0.344 e. The van der Waals surface area contributed by atoms with Gasteiger partial charge in [-0.15, -0.1) is 0 Å². The van der Waals surface area contributed by atoms with Crippen LogP contribution in [0.1, 0.15) is 0 Å². The number of fused-ring (bicyclic) bond motifs is 18. The lowest BCUT2D eigenvalue weighted by atomic mass is 9.92. The number of hydrogen-bond donors (Lipinski definition) is 0. The molecule has 0 fully saturated rings. The lowest BCUT2D eigenvalue weighted by Crippen LogP contribution is -2.01.